The first-order valence-electron chi connectivity index (χ1n) is 11.0. The fraction of sp³-hybridized carbons (Fsp3) is 0.435. The van der Waals surface area contributed by atoms with Gasteiger partial charge in [-0.05, 0) is 44.2 Å². The second-order valence-electron chi connectivity index (χ2n) is 8.19. The Morgan fingerprint density at radius 2 is 2.12 bits per heavy atom. The number of H-pyrrole nitrogens is 1. The van der Waals surface area contributed by atoms with E-state index in [1.165, 1.54) is 0 Å². The van der Waals surface area contributed by atoms with Crippen molar-refractivity contribution in [3.05, 3.63) is 58.1 Å². The van der Waals surface area contributed by atoms with E-state index in [1.807, 2.05) is 49.8 Å². The number of carbonyl (C=O) groups excluding carboxylic acids is 1. The van der Waals surface area contributed by atoms with Crippen LogP contribution in [0.5, 0.6) is 5.75 Å². The summed E-state index contributed by atoms with van der Waals surface area (Å²) in [6.45, 7) is 6.43. The molecule has 1 aromatic carbocycles. The minimum Gasteiger partial charge on any atom is -0.493 e. The van der Waals surface area contributed by atoms with Crippen LogP contribution in [0.25, 0.3) is 0 Å². The van der Waals surface area contributed by atoms with Crippen LogP contribution in [-0.2, 0) is 23.0 Å². The van der Waals surface area contributed by atoms with Crippen LogP contribution in [0.15, 0.2) is 30.3 Å². The third-order valence-corrected chi connectivity index (χ3v) is 5.93. The largest absolute Gasteiger partial charge is 0.493 e. The molecule has 1 saturated heterocycles. The minimum atomic E-state index is -0.180. The molecular weight excluding hydrogens is 444 g/mol. The number of carbonyl (C=O) groups is 1. The summed E-state index contributed by atoms with van der Waals surface area (Å²) in [6, 6.07) is 9.38. The van der Waals surface area contributed by atoms with Crippen molar-refractivity contribution in [2.24, 2.45) is 7.05 Å². The lowest BCUT2D eigenvalue weighted by molar-refractivity contribution is -0.119. The molecule has 0 bridgehead atoms. The molecule has 1 aliphatic rings. The Labute approximate surface area is 198 Å². The standard InChI is InChI=1S/C23H29ClN6O3/c1-15-23(16(2)27-26-15)25-22(31)14-30-9-11-33-21(13-30)20-12-18(29(3)28-20)8-10-32-19-6-4-17(24)5-7-19/h4-7,12,21H,8-11,13-14H2,1-3H3,(H,25,31)(H,26,27)/t21-/m0/s1. The van der Waals surface area contributed by atoms with E-state index < -0.39 is 0 Å². The Bertz CT molecular complexity index is 1070. The Hall–Kier alpha value is -2.88. The van der Waals surface area contributed by atoms with Crippen molar-refractivity contribution in [1.29, 1.82) is 0 Å². The van der Waals surface area contributed by atoms with Gasteiger partial charge in [-0.2, -0.15) is 10.2 Å². The predicted octanol–water partition coefficient (Wildman–Crippen LogP) is 3.05. The molecule has 0 aliphatic carbocycles. The fourth-order valence-electron chi connectivity index (χ4n) is 3.87. The molecule has 0 saturated carbocycles. The molecule has 1 aliphatic heterocycles. The number of ether oxygens (including phenoxy) is 2. The first kappa shape index (κ1) is 23.3. The van der Waals surface area contributed by atoms with E-state index in [-0.39, 0.29) is 12.0 Å². The van der Waals surface area contributed by atoms with Crippen LogP contribution in [0, 0.1) is 13.8 Å². The number of rotatable bonds is 8. The van der Waals surface area contributed by atoms with Crippen molar-refractivity contribution < 1.29 is 14.3 Å². The van der Waals surface area contributed by atoms with Gasteiger partial charge in [0.05, 0.1) is 42.5 Å². The second kappa shape index (κ2) is 10.4. The van der Waals surface area contributed by atoms with E-state index in [0.29, 0.717) is 44.3 Å². The summed E-state index contributed by atoms with van der Waals surface area (Å²) < 4.78 is 13.6. The molecule has 3 heterocycles. The Morgan fingerprint density at radius 3 is 2.85 bits per heavy atom. The summed E-state index contributed by atoms with van der Waals surface area (Å²) >= 11 is 5.91. The van der Waals surface area contributed by atoms with E-state index >= 15 is 0 Å². The van der Waals surface area contributed by atoms with Crippen molar-refractivity contribution >= 4 is 23.2 Å². The Kier molecular flexibility index (Phi) is 7.32. The van der Waals surface area contributed by atoms with Crippen LogP contribution < -0.4 is 10.1 Å². The maximum absolute atomic E-state index is 12.6. The van der Waals surface area contributed by atoms with Gasteiger partial charge in [0, 0.05) is 37.3 Å². The van der Waals surface area contributed by atoms with Crippen LogP contribution >= 0.6 is 11.6 Å². The van der Waals surface area contributed by atoms with Crippen molar-refractivity contribution in [2.75, 3.05) is 38.2 Å². The van der Waals surface area contributed by atoms with Gasteiger partial charge in [-0.25, -0.2) is 0 Å². The van der Waals surface area contributed by atoms with Crippen LogP contribution in [0.2, 0.25) is 5.02 Å². The molecule has 0 radical (unpaired) electrons. The summed E-state index contributed by atoms with van der Waals surface area (Å²) in [7, 11) is 1.92. The summed E-state index contributed by atoms with van der Waals surface area (Å²) in [5.41, 5.74) is 4.30. The fourth-order valence-corrected chi connectivity index (χ4v) is 3.99. The number of hydrogen-bond acceptors (Lipinski definition) is 6. The van der Waals surface area contributed by atoms with Gasteiger partial charge in [0.1, 0.15) is 11.9 Å². The number of morpholine rings is 1. The number of amides is 1. The molecule has 2 N–H and O–H groups in total. The number of anilines is 1. The van der Waals surface area contributed by atoms with E-state index in [1.54, 1.807) is 0 Å². The average molecular weight is 473 g/mol. The Morgan fingerprint density at radius 1 is 1.33 bits per heavy atom. The monoisotopic (exact) mass is 472 g/mol. The van der Waals surface area contributed by atoms with Crippen molar-refractivity contribution in [3.8, 4) is 5.75 Å². The van der Waals surface area contributed by atoms with Gasteiger partial charge in [0.25, 0.3) is 0 Å². The molecule has 176 valence electrons. The highest BCUT2D eigenvalue weighted by Gasteiger charge is 2.26. The van der Waals surface area contributed by atoms with Gasteiger partial charge in [-0.3, -0.25) is 19.5 Å². The zero-order valence-corrected chi connectivity index (χ0v) is 19.9. The zero-order chi connectivity index (χ0) is 23.4. The van der Waals surface area contributed by atoms with E-state index in [0.717, 1.165) is 34.2 Å². The topological polar surface area (TPSA) is 97.3 Å². The summed E-state index contributed by atoms with van der Waals surface area (Å²) in [5, 5.41) is 15.3. The summed E-state index contributed by atoms with van der Waals surface area (Å²) in [6.07, 6.45) is 0.537. The summed E-state index contributed by atoms with van der Waals surface area (Å²) in [5.74, 6) is 0.719. The van der Waals surface area contributed by atoms with Gasteiger partial charge in [-0.15, -0.1) is 0 Å². The quantitative estimate of drug-likeness (QED) is 0.523. The molecule has 2 aromatic heterocycles. The molecule has 0 spiro atoms. The highest BCUT2D eigenvalue weighted by molar-refractivity contribution is 6.30. The smallest absolute Gasteiger partial charge is 0.238 e. The highest BCUT2D eigenvalue weighted by Crippen LogP contribution is 2.23. The molecule has 3 aromatic rings. The van der Waals surface area contributed by atoms with Crippen LogP contribution in [0.1, 0.15) is 28.9 Å². The van der Waals surface area contributed by atoms with E-state index in [2.05, 4.69) is 31.6 Å². The van der Waals surface area contributed by atoms with E-state index in [4.69, 9.17) is 21.1 Å². The maximum Gasteiger partial charge on any atom is 0.238 e. The zero-order valence-electron chi connectivity index (χ0n) is 19.1. The van der Waals surface area contributed by atoms with Crippen LogP contribution in [-0.4, -0.2) is 63.6 Å². The average Bonchev–Trinajstić information content (AvgIpc) is 3.32. The Balaban J connectivity index is 1.30. The van der Waals surface area contributed by atoms with Crippen molar-refractivity contribution in [1.82, 2.24) is 24.9 Å². The van der Waals surface area contributed by atoms with Gasteiger partial charge < -0.3 is 14.8 Å². The summed E-state index contributed by atoms with van der Waals surface area (Å²) in [4.78, 5) is 14.7. The second-order valence-corrected chi connectivity index (χ2v) is 8.62. The lowest BCUT2D eigenvalue weighted by atomic mass is 10.2. The number of hydrogen-bond donors (Lipinski definition) is 2. The number of aryl methyl sites for hydroxylation is 3. The van der Waals surface area contributed by atoms with Crippen LogP contribution in [0.3, 0.4) is 0 Å². The molecule has 9 nitrogen and oxygen atoms in total. The first-order valence-corrected chi connectivity index (χ1v) is 11.3. The number of aromatic nitrogens is 4. The molecule has 33 heavy (non-hydrogen) atoms. The molecular formula is C23H29ClN6O3. The predicted molar refractivity (Wildman–Crippen MR) is 126 cm³/mol. The third-order valence-electron chi connectivity index (χ3n) is 5.68. The van der Waals surface area contributed by atoms with Gasteiger partial charge in [-0.1, -0.05) is 11.6 Å². The molecule has 1 atom stereocenters. The molecule has 4 rings (SSSR count). The molecule has 0 unspecified atom stereocenters. The van der Waals surface area contributed by atoms with Gasteiger partial charge >= 0.3 is 0 Å². The molecule has 1 amide bonds. The highest BCUT2D eigenvalue weighted by atomic mass is 35.5. The number of benzene rings is 1. The van der Waals surface area contributed by atoms with Gasteiger partial charge in [0.2, 0.25) is 5.91 Å². The SMILES string of the molecule is Cc1n[nH]c(C)c1NC(=O)CN1CCO[C@H](c2cc(CCOc3ccc(Cl)cc3)n(C)n2)C1. The number of aromatic amines is 1. The van der Waals surface area contributed by atoms with Crippen molar-refractivity contribution in [2.45, 2.75) is 26.4 Å². The van der Waals surface area contributed by atoms with Crippen molar-refractivity contribution in [3.63, 3.8) is 0 Å². The first-order chi connectivity index (χ1) is 15.9. The number of nitrogens with one attached hydrogen (secondary N) is 2. The lowest BCUT2D eigenvalue weighted by Gasteiger charge is -2.31. The minimum absolute atomic E-state index is 0.0655. The van der Waals surface area contributed by atoms with E-state index in [9.17, 15) is 4.79 Å². The number of nitrogens with zero attached hydrogens (tertiary/aromatic N) is 4. The molecule has 1 fully saturated rings. The normalized spacial score (nSPS) is 16.7. The van der Waals surface area contributed by atoms with Crippen LogP contribution in [0.4, 0.5) is 5.69 Å². The maximum atomic E-state index is 12.6. The van der Waals surface area contributed by atoms with Gasteiger partial charge in [0.15, 0.2) is 0 Å². The lowest BCUT2D eigenvalue weighted by Crippen LogP contribution is -2.42. The third kappa shape index (κ3) is 5.93. The molecule has 10 heteroatoms. The number of halogens is 1.